The standard InChI is InChI=1S/C16H18O3/c1-2-3-5-10-13-14(17)11-15(18)19-16(13)12-8-6-4-7-9-12/h4,6-9,11,17H,2-3,5,10H2,1H3. The Morgan fingerprint density at radius 2 is 1.89 bits per heavy atom. The second kappa shape index (κ2) is 6.23. The van der Waals surface area contributed by atoms with E-state index in [-0.39, 0.29) is 5.75 Å². The zero-order valence-corrected chi connectivity index (χ0v) is 11.1. The first-order valence-electron chi connectivity index (χ1n) is 6.63. The summed E-state index contributed by atoms with van der Waals surface area (Å²) in [7, 11) is 0. The summed E-state index contributed by atoms with van der Waals surface area (Å²) < 4.78 is 5.29. The maximum atomic E-state index is 11.4. The summed E-state index contributed by atoms with van der Waals surface area (Å²) in [6, 6.07) is 10.6. The van der Waals surface area contributed by atoms with Gasteiger partial charge in [0.05, 0.1) is 6.07 Å². The van der Waals surface area contributed by atoms with E-state index in [0.717, 1.165) is 36.5 Å². The molecule has 2 aromatic rings. The van der Waals surface area contributed by atoms with Crippen molar-refractivity contribution in [1.82, 2.24) is 0 Å². The molecule has 0 saturated heterocycles. The average molecular weight is 258 g/mol. The fourth-order valence-corrected chi connectivity index (χ4v) is 2.12. The van der Waals surface area contributed by atoms with Gasteiger partial charge in [-0.2, -0.15) is 0 Å². The first-order chi connectivity index (χ1) is 9.22. The molecule has 0 aliphatic carbocycles. The van der Waals surface area contributed by atoms with E-state index in [2.05, 4.69) is 6.92 Å². The Morgan fingerprint density at radius 3 is 2.58 bits per heavy atom. The lowest BCUT2D eigenvalue weighted by Crippen LogP contribution is -2.02. The van der Waals surface area contributed by atoms with Crippen molar-refractivity contribution < 1.29 is 9.52 Å². The summed E-state index contributed by atoms with van der Waals surface area (Å²) in [6.45, 7) is 2.13. The van der Waals surface area contributed by atoms with Gasteiger partial charge in [-0.05, 0) is 12.8 Å². The molecule has 1 aromatic carbocycles. The van der Waals surface area contributed by atoms with Crippen LogP contribution in [-0.2, 0) is 6.42 Å². The molecule has 2 rings (SSSR count). The Morgan fingerprint density at radius 1 is 1.16 bits per heavy atom. The molecule has 0 bridgehead atoms. The van der Waals surface area contributed by atoms with Gasteiger partial charge in [0.15, 0.2) is 0 Å². The molecule has 1 N–H and O–H groups in total. The average Bonchev–Trinajstić information content (AvgIpc) is 2.42. The van der Waals surface area contributed by atoms with E-state index < -0.39 is 5.63 Å². The molecule has 0 aliphatic rings. The number of benzene rings is 1. The van der Waals surface area contributed by atoms with Crippen LogP contribution in [0.4, 0.5) is 0 Å². The summed E-state index contributed by atoms with van der Waals surface area (Å²) in [5, 5.41) is 9.97. The van der Waals surface area contributed by atoms with Crippen molar-refractivity contribution in [3.05, 3.63) is 52.4 Å². The number of hydrogen-bond acceptors (Lipinski definition) is 3. The van der Waals surface area contributed by atoms with Gasteiger partial charge in [-0.3, -0.25) is 0 Å². The van der Waals surface area contributed by atoms with Crippen LogP contribution < -0.4 is 5.63 Å². The van der Waals surface area contributed by atoms with Gasteiger partial charge in [0, 0.05) is 11.1 Å². The van der Waals surface area contributed by atoms with Crippen molar-refractivity contribution in [2.75, 3.05) is 0 Å². The molecule has 0 radical (unpaired) electrons. The third-order valence-electron chi connectivity index (χ3n) is 3.11. The van der Waals surface area contributed by atoms with E-state index in [1.165, 1.54) is 0 Å². The maximum Gasteiger partial charge on any atom is 0.339 e. The van der Waals surface area contributed by atoms with Gasteiger partial charge in [0.25, 0.3) is 0 Å². The van der Waals surface area contributed by atoms with Crippen LogP contribution >= 0.6 is 0 Å². The van der Waals surface area contributed by atoms with Gasteiger partial charge in [-0.1, -0.05) is 50.1 Å². The maximum absolute atomic E-state index is 11.4. The quantitative estimate of drug-likeness (QED) is 0.831. The van der Waals surface area contributed by atoms with Gasteiger partial charge in [0.1, 0.15) is 11.5 Å². The highest BCUT2D eigenvalue weighted by molar-refractivity contribution is 5.63. The molecule has 0 unspecified atom stereocenters. The lowest BCUT2D eigenvalue weighted by Gasteiger charge is -2.09. The smallest absolute Gasteiger partial charge is 0.339 e. The zero-order chi connectivity index (χ0) is 13.7. The Labute approximate surface area is 112 Å². The van der Waals surface area contributed by atoms with Crippen molar-refractivity contribution >= 4 is 0 Å². The van der Waals surface area contributed by atoms with E-state index in [0.29, 0.717) is 12.2 Å². The minimum Gasteiger partial charge on any atom is -0.507 e. The van der Waals surface area contributed by atoms with E-state index in [9.17, 15) is 9.90 Å². The number of hydrogen-bond donors (Lipinski definition) is 1. The summed E-state index contributed by atoms with van der Waals surface area (Å²) in [4.78, 5) is 11.4. The molecule has 3 heteroatoms. The molecule has 100 valence electrons. The van der Waals surface area contributed by atoms with Crippen molar-refractivity contribution in [3.8, 4) is 17.1 Å². The molecule has 0 fully saturated rings. The molecule has 0 saturated carbocycles. The van der Waals surface area contributed by atoms with Crippen LogP contribution in [0.15, 0.2) is 45.6 Å². The van der Waals surface area contributed by atoms with Gasteiger partial charge >= 0.3 is 5.63 Å². The first-order valence-corrected chi connectivity index (χ1v) is 6.63. The van der Waals surface area contributed by atoms with Crippen molar-refractivity contribution in [2.45, 2.75) is 32.6 Å². The molecule has 0 atom stereocenters. The Balaban J connectivity index is 2.43. The fourth-order valence-electron chi connectivity index (χ4n) is 2.12. The first kappa shape index (κ1) is 13.4. The number of aromatic hydroxyl groups is 1. The fraction of sp³-hybridized carbons (Fsp3) is 0.312. The van der Waals surface area contributed by atoms with E-state index in [1.807, 2.05) is 30.3 Å². The molecule has 3 nitrogen and oxygen atoms in total. The normalized spacial score (nSPS) is 10.6. The summed E-state index contributed by atoms with van der Waals surface area (Å²) in [6.07, 6.45) is 3.89. The highest BCUT2D eigenvalue weighted by Crippen LogP contribution is 2.29. The van der Waals surface area contributed by atoms with Crippen LogP contribution in [0.5, 0.6) is 5.75 Å². The van der Waals surface area contributed by atoms with E-state index in [1.54, 1.807) is 0 Å². The van der Waals surface area contributed by atoms with Crippen LogP contribution in [0, 0.1) is 0 Å². The summed E-state index contributed by atoms with van der Waals surface area (Å²) in [5.41, 5.74) is 1.02. The van der Waals surface area contributed by atoms with Crippen LogP contribution in [0.3, 0.4) is 0 Å². The Kier molecular flexibility index (Phi) is 4.39. The Hall–Kier alpha value is -2.03. The van der Waals surface area contributed by atoms with Crippen LogP contribution in [-0.4, -0.2) is 5.11 Å². The highest BCUT2D eigenvalue weighted by atomic mass is 16.4. The third kappa shape index (κ3) is 3.25. The molecule has 0 amide bonds. The van der Waals surface area contributed by atoms with E-state index >= 15 is 0 Å². The molecular formula is C16H18O3. The Bertz CT molecular complexity index is 585. The zero-order valence-electron chi connectivity index (χ0n) is 11.1. The third-order valence-corrected chi connectivity index (χ3v) is 3.11. The topological polar surface area (TPSA) is 50.4 Å². The van der Waals surface area contributed by atoms with E-state index in [4.69, 9.17) is 4.42 Å². The van der Waals surface area contributed by atoms with Gasteiger partial charge in [-0.15, -0.1) is 0 Å². The van der Waals surface area contributed by atoms with Gasteiger partial charge < -0.3 is 9.52 Å². The van der Waals surface area contributed by atoms with Crippen molar-refractivity contribution in [2.24, 2.45) is 0 Å². The summed E-state index contributed by atoms with van der Waals surface area (Å²) in [5.74, 6) is 0.521. The number of unbranched alkanes of at least 4 members (excludes halogenated alkanes) is 2. The lowest BCUT2D eigenvalue weighted by atomic mass is 10.0. The van der Waals surface area contributed by atoms with Gasteiger partial charge in [0.2, 0.25) is 0 Å². The molecule has 1 aromatic heterocycles. The minimum atomic E-state index is -0.518. The SMILES string of the molecule is CCCCCc1c(O)cc(=O)oc1-c1ccccc1. The molecule has 1 heterocycles. The minimum absolute atomic E-state index is 0.0335. The monoisotopic (exact) mass is 258 g/mol. The lowest BCUT2D eigenvalue weighted by molar-refractivity contribution is 0.440. The van der Waals surface area contributed by atoms with Crippen LogP contribution in [0.1, 0.15) is 31.7 Å². The second-order valence-corrected chi connectivity index (χ2v) is 4.58. The number of rotatable bonds is 5. The van der Waals surface area contributed by atoms with Crippen molar-refractivity contribution in [1.29, 1.82) is 0 Å². The van der Waals surface area contributed by atoms with Crippen LogP contribution in [0.2, 0.25) is 0 Å². The predicted octanol–water partition coefficient (Wildman–Crippen LogP) is 3.75. The molecule has 19 heavy (non-hydrogen) atoms. The largest absolute Gasteiger partial charge is 0.507 e. The highest BCUT2D eigenvalue weighted by Gasteiger charge is 2.13. The molecule has 0 aliphatic heterocycles. The molecule has 0 spiro atoms. The second-order valence-electron chi connectivity index (χ2n) is 4.58. The van der Waals surface area contributed by atoms with Gasteiger partial charge in [-0.25, -0.2) is 4.79 Å². The predicted molar refractivity (Wildman–Crippen MR) is 75.3 cm³/mol. The van der Waals surface area contributed by atoms with Crippen LogP contribution in [0.25, 0.3) is 11.3 Å². The summed E-state index contributed by atoms with van der Waals surface area (Å²) >= 11 is 0. The molecular weight excluding hydrogens is 240 g/mol. The van der Waals surface area contributed by atoms with Crippen molar-refractivity contribution in [3.63, 3.8) is 0 Å².